The summed E-state index contributed by atoms with van der Waals surface area (Å²) in [6.07, 6.45) is 0. The van der Waals surface area contributed by atoms with E-state index in [1.807, 2.05) is 36.4 Å². The summed E-state index contributed by atoms with van der Waals surface area (Å²) in [7, 11) is 0. The standard InChI is InChI=1S/C17H11ClN2O3/c18-15-10-12(20(22)23)8-9-14(15)17(21)19-16-7-3-5-11-4-1-2-6-13(11)16/h1-10H,(H,19,21). The number of rotatable bonds is 3. The van der Waals surface area contributed by atoms with Gasteiger partial charge in [-0.05, 0) is 17.5 Å². The van der Waals surface area contributed by atoms with Gasteiger partial charge >= 0.3 is 0 Å². The summed E-state index contributed by atoms with van der Waals surface area (Å²) in [5.41, 5.74) is 0.685. The van der Waals surface area contributed by atoms with Crippen LogP contribution in [0.25, 0.3) is 10.8 Å². The maximum Gasteiger partial charge on any atom is 0.270 e. The fraction of sp³-hybridized carbons (Fsp3) is 0. The largest absolute Gasteiger partial charge is 0.321 e. The number of fused-ring (bicyclic) bond motifs is 1. The van der Waals surface area contributed by atoms with Crippen LogP contribution < -0.4 is 5.32 Å². The number of benzene rings is 3. The molecule has 5 nitrogen and oxygen atoms in total. The van der Waals surface area contributed by atoms with Crippen molar-refractivity contribution in [3.63, 3.8) is 0 Å². The lowest BCUT2D eigenvalue weighted by Crippen LogP contribution is -2.12. The molecule has 0 aliphatic rings. The van der Waals surface area contributed by atoms with Gasteiger partial charge in [0.2, 0.25) is 0 Å². The molecule has 23 heavy (non-hydrogen) atoms. The number of carbonyl (C=O) groups is 1. The maximum absolute atomic E-state index is 12.4. The van der Waals surface area contributed by atoms with Gasteiger partial charge in [0, 0.05) is 23.2 Å². The zero-order valence-corrected chi connectivity index (χ0v) is 12.6. The minimum atomic E-state index is -0.557. The number of hydrogen-bond donors (Lipinski definition) is 1. The molecule has 0 saturated carbocycles. The molecule has 0 aliphatic carbocycles. The molecule has 1 amide bonds. The molecule has 0 unspecified atom stereocenters. The predicted molar refractivity (Wildman–Crippen MR) is 90.0 cm³/mol. The second-order valence-corrected chi connectivity index (χ2v) is 5.31. The smallest absolute Gasteiger partial charge is 0.270 e. The Hall–Kier alpha value is -2.92. The molecule has 0 spiro atoms. The molecule has 114 valence electrons. The molecule has 1 N–H and O–H groups in total. The number of anilines is 1. The van der Waals surface area contributed by atoms with Crippen LogP contribution >= 0.6 is 11.6 Å². The topological polar surface area (TPSA) is 72.2 Å². The van der Waals surface area contributed by atoms with Crippen LogP contribution in [0, 0.1) is 10.1 Å². The molecule has 0 bridgehead atoms. The third kappa shape index (κ3) is 3.00. The summed E-state index contributed by atoms with van der Waals surface area (Å²) < 4.78 is 0. The van der Waals surface area contributed by atoms with E-state index in [2.05, 4.69) is 5.32 Å². The van der Waals surface area contributed by atoms with Gasteiger partial charge in [0.15, 0.2) is 0 Å². The molecular weight excluding hydrogens is 316 g/mol. The first kappa shape index (κ1) is 15.0. The van der Waals surface area contributed by atoms with Gasteiger partial charge in [0.1, 0.15) is 0 Å². The summed E-state index contributed by atoms with van der Waals surface area (Å²) in [6, 6.07) is 17.0. The minimum absolute atomic E-state index is 0.0388. The molecule has 0 atom stereocenters. The highest BCUT2D eigenvalue weighted by molar-refractivity contribution is 6.34. The molecule has 3 aromatic carbocycles. The van der Waals surface area contributed by atoms with Gasteiger partial charge in [-0.3, -0.25) is 14.9 Å². The van der Waals surface area contributed by atoms with E-state index in [-0.39, 0.29) is 16.3 Å². The number of nitrogens with zero attached hydrogens (tertiary/aromatic N) is 1. The molecule has 3 aromatic rings. The van der Waals surface area contributed by atoms with Gasteiger partial charge in [-0.15, -0.1) is 0 Å². The predicted octanol–water partition coefficient (Wildman–Crippen LogP) is 4.65. The van der Waals surface area contributed by atoms with Crippen molar-refractivity contribution >= 4 is 39.7 Å². The third-order valence-corrected chi connectivity index (χ3v) is 3.76. The van der Waals surface area contributed by atoms with E-state index in [0.29, 0.717) is 5.69 Å². The molecular formula is C17H11ClN2O3. The monoisotopic (exact) mass is 326 g/mol. The van der Waals surface area contributed by atoms with Crippen molar-refractivity contribution in [2.75, 3.05) is 5.32 Å². The van der Waals surface area contributed by atoms with Crippen molar-refractivity contribution in [3.8, 4) is 0 Å². The number of nitrogens with one attached hydrogen (secondary N) is 1. The van der Waals surface area contributed by atoms with Crippen molar-refractivity contribution in [2.45, 2.75) is 0 Å². The second kappa shape index (κ2) is 6.06. The minimum Gasteiger partial charge on any atom is -0.321 e. The highest BCUT2D eigenvalue weighted by Gasteiger charge is 2.15. The van der Waals surface area contributed by atoms with Gasteiger partial charge in [-0.25, -0.2) is 0 Å². The van der Waals surface area contributed by atoms with E-state index in [1.165, 1.54) is 18.2 Å². The lowest BCUT2D eigenvalue weighted by molar-refractivity contribution is -0.384. The lowest BCUT2D eigenvalue weighted by Gasteiger charge is -2.09. The van der Waals surface area contributed by atoms with Gasteiger partial charge in [-0.2, -0.15) is 0 Å². The van der Waals surface area contributed by atoms with Crippen molar-refractivity contribution in [1.82, 2.24) is 0 Å². The SMILES string of the molecule is O=C(Nc1cccc2ccccc12)c1ccc([N+](=O)[O-])cc1Cl. The van der Waals surface area contributed by atoms with Crippen LogP contribution in [0.4, 0.5) is 11.4 Å². The average Bonchev–Trinajstić information content (AvgIpc) is 2.55. The average molecular weight is 327 g/mol. The van der Waals surface area contributed by atoms with Crippen LogP contribution in [0.2, 0.25) is 5.02 Å². The summed E-state index contributed by atoms with van der Waals surface area (Å²) in [4.78, 5) is 22.6. The molecule has 6 heteroatoms. The van der Waals surface area contributed by atoms with Crippen LogP contribution in [-0.4, -0.2) is 10.8 Å². The number of nitro benzene ring substituents is 1. The fourth-order valence-electron chi connectivity index (χ4n) is 2.33. The highest BCUT2D eigenvalue weighted by Crippen LogP contribution is 2.26. The Morgan fingerprint density at radius 1 is 1.04 bits per heavy atom. The molecule has 0 radical (unpaired) electrons. The third-order valence-electron chi connectivity index (χ3n) is 3.45. The first-order valence-corrected chi connectivity index (χ1v) is 7.17. The molecule has 3 rings (SSSR count). The Bertz CT molecular complexity index is 919. The van der Waals surface area contributed by atoms with Gasteiger partial charge in [0.05, 0.1) is 15.5 Å². The Balaban J connectivity index is 1.94. The highest BCUT2D eigenvalue weighted by atomic mass is 35.5. The fourth-order valence-corrected chi connectivity index (χ4v) is 2.59. The second-order valence-electron chi connectivity index (χ2n) is 4.90. The maximum atomic E-state index is 12.4. The van der Waals surface area contributed by atoms with Crippen molar-refractivity contribution in [1.29, 1.82) is 0 Å². The van der Waals surface area contributed by atoms with Gasteiger partial charge in [-0.1, -0.05) is 48.0 Å². The normalized spacial score (nSPS) is 10.5. The van der Waals surface area contributed by atoms with E-state index in [0.717, 1.165) is 10.8 Å². The Morgan fingerprint density at radius 2 is 1.78 bits per heavy atom. The van der Waals surface area contributed by atoms with Crippen molar-refractivity contribution in [2.24, 2.45) is 0 Å². The molecule has 0 aliphatic heterocycles. The number of amides is 1. The number of halogens is 1. The zero-order valence-electron chi connectivity index (χ0n) is 11.8. The Labute approximate surface area is 136 Å². The number of nitro groups is 1. The molecule has 0 saturated heterocycles. The zero-order chi connectivity index (χ0) is 16.4. The molecule has 0 aromatic heterocycles. The van der Waals surface area contributed by atoms with Gasteiger partial charge < -0.3 is 5.32 Å². The van der Waals surface area contributed by atoms with E-state index < -0.39 is 10.8 Å². The first-order chi connectivity index (χ1) is 11.1. The molecule has 0 fully saturated rings. The van der Waals surface area contributed by atoms with Crippen LogP contribution in [0.1, 0.15) is 10.4 Å². The van der Waals surface area contributed by atoms with Crippen molar-refractivity contribution < 1.29 is 9.72 Å². The number of hydrogen-bond acceptors (Lipinski definition) is 3. The van der Waals surface area contributed by atoms with Crippen LogP contribution in [0.5, 0.6) is 0 Å². The number of non-ortho nitro benzene ring substituents is 1. The van der Waals surface area contributed by atoms with Crippen LogP contribution in [0.3, 0.4) is 0 Å². The molecule has 0 heterocycles. The summed E-state index contributed by atoms with van der Waals surface area (Å²) in [5, 5.41) is 15.5. The van der Waals surface area contributed by atoms with E-state index in [4.69, 9.17) is 11.6 Å². The summed E-state index contributed by atoms with van der Waals surface area (Å²) >= 11 is 5.99. The lowest BCUT2D eigenvalue weighted by atomic mass is 10.1. The summed E-state index contributed by atoms with van der Waals surface area (Å²) in [5.74, 6) is -0.416. The quantitative estimate of drug-likeness (QED) is 0.562. The van der Waals surface area contributed by atoms with Crippen LogP contribution in [0.15, 0.2) is 60.7 Å². The Kier molecular flexibility index (Phi) is 3.95. The Morgan fingerprint density at radius 3 is 2.52 bits per heavy atom. The summed E-state index contributed by atoms with van der Waals surface area (Å²) in [6.45, 7) is 0. The first-order valence-electron chi connectivity index (χ1n) is 6.79. The van der Waals surface area contributed by atoms with E-state index in [1.54, 1.807) is 6.07 Å². The van der Waals surface area contributed by atoms with Crippen molar-refractivity contribution in [3.05, 3.63) is 81.4 Å². The van der Waals surface area contributed by atoms with Crippen LogP contribution in [-0.2, 0) is 0 Å². The van der Waals surface area contributed by atoms with E-state index in [9.17, 15) is 14.9 Å². The van der Waals surface area contributed by atoms with Gasteiger partial charge in [0.25, 0.3) is 11.6 Å². The number of carbonyl (C=O) groups excluding carboxylic acids is 1. The van der Waals surface area contributed by atoms with E-state index >= 15 is 0 Å².